The highest BCUT2D eigenvalue weighted by Gasteiger charge is 2.34. The molecule has 1 aliphatic rings. The summed E-state index contributed by atoms with van der Waals surface area (Å²) in [4.78, 5) is 42.2. The summed E-state index contributed by atoms with van der Waals surface area (Å²) < 4.78 is 0. The molecule has 1 aliphatic carbocycles. The molecule has 6 nitrogen and oxygen atoms in total. The smallest absolute Gasteiger partial charge is 0.257 e. The van der Waals surface area contributed by atoms with Gasteiger partial charge >= 0.3 is 0 Å². The number of anilines is 2. The number of rotatable bonds is 5. The van der Waals surface area contributed by atoms with E-state index >= 15 is 0 Å². The van der Waals surface area contributed by atoms with E-state index in [-0.39, 0.29) is 29.4 Å². The lowest BCUT2D eigenvalue weighted by Crippen LogP contribution is -2.26. The van der Waals surface area contributed by atoms with E-state index in [1.54, 1.807) is 24.3 Å². The number of amides is 2. The van der Waals surface area contributed by atoms with Gasteiger partial charge in [-0.1, -0.05) is 55.5 Å². The van der Waals surface area contributed by atoms with E-state index in [1.807, 2.05) is 44.2 Å². The van der Waals surface area contributed by atoms with E-state index in [0.29, 0.717) is 27.7 Å². The molecule has 31 heavy (non-hydrogen) atoms. The van der Waals surface area contributed by atoms with Crippen molar-refractivity contribution in [2.24, 2.45) is 5.41 Å². The Morgan fingerprint density at radius 1 is 1.00 bits per heavy atom. The molecule has 7 heteroatoms. The first-order chi connectivity index (χ1) is 14.8. The van der Waals surface area contributed by atoms with Gasteiger partial charge in [-0.2, -0.15) is 0 Å². The summed E-state index contributed by atoms with van der Waals surface area (Å²) in [5, 5.41) is 6.05. The Morgan fingerprint density at radius 2 is 1.71 bits per heavy atom. The standard InChI is InChI=1S/C24H23N3O3S/c1-24(2)13-18-21(19(28)14-24)31-23(26-18)27-22(30)16-8-10-17(11-9-16)25-20(29)12-15-6-4-3-5-7-15/h3-11H,12-14H2,1-2H3,(H,25,29)(H,26,27,30). The number of Topliss-reactive ketones (excluding diaryl/α,β-unsaturated/α-hetero) is 1. The second kappa shape index (κ2) is 8.43. The maximum atomic E-state index is 12.6. The minimum Gasteiger partial charge on any atom is -0.326 e. The summed E-state index contributed by atoms with van der Waals surface area (Å²) in [5.41, 5.74) is 2.65. The molecule has 0 saturated heterocycles. The first kappa shape index (κ1) is 20.9. The number of hydrogen-bond acceptors (Lipinski definition) is 5. The SMILES string of the molecule is CC1(C)CC(=O)c2sc(NC(=O)c3ccc(NC(=O)Cc4ccccc4)cc3)nc2C1. The van der Waals surface area contributed by atoms with Crippen LogP contribution in [0.15, 0.2) is 54.6 Å². The zero-order valence-corrected chi connectivity index (χ0v) is 18.2. The summed E-state index contributed by atoms with van der Waals surface area (Å²) in [6.07, 6.45) is 1.50. The normalized spacial score (nSPS) is 14.6. The van der Waals surface area contributed by atoms with Gasteiger partial charge in [0.05, 0.1) is 17.0 Å². The molecule has 1 heterocycles. The van der Waals surface area contributed by atoms with Crippen LogP contribution in [-0.2, 0) is 17.6 Å². The van der Waals surface area contributed by atoms with Gasteiger partial charge in [0.2, 0.25) is 5.91 Å². The molecule has 2 aromatic carbocycles. The molecule has 0 unspecified atom stereocenters. The molecule has 4 rings (SSSR count). The van der Waals surface area contributed by atoms with E-state index in [9.17, 15) is 14.4 Å². The van der Waals surface area contributed by atoms with Crippen LogP contribution >= 0.6 is 11.3 Å². The molecule has 1 aromatic heterocycles. The first-order valence-corrected chi connectivity index (χ1v) is 10.9. The predicted molar refractivity (Wildman–Crippen MR) is 122 cm³/mol. The fourth-order valence-corrected chi connectivity index (χ4v) is 4.55. The second-order valence-corrected chi connectivity index (χ2v) is 9.48. The van der Waals surface area contributed by atoms with Crippen LogP contribution in [0, 0.1) is 5.41 Å². The molecule has 0 aliphatic heterocycles. The predicted octanol–water partition coefficient (Wildman–Crippen LogP) is 4.73. The average molecular weight is 434 g/mol. The summed E-state index contributed by atoms with van der Waals surface area (Å²) in [5.74, 6) is -0.343. The number of fused-ring (bicyclic) bond motifs is 1. The van der Waals surface area contributed by atoms with E-state index in [0.717, 1.165) is 17.7 Å². The molecular formula is C24H23N3O3S. The fraction of sp³-hybridized carbons (Fsp3) is 0.250. The van der Waals surface area contributed by atoms with E-state index in [1.165, 1.54) is 11.3 Å². The average Bonchev–Trinajstić information content (AvgIpc) is 3.10. The maximum Gasteiger partial charge on any atom is 0.257 e. The number of benzene rings is 2. The molecule has 0 radical (unpaired) electrons. The van der Waals surface area contributed by atoms with Crippen molar-refractivity contribution in [3.05, 3.63) is 76.3 Å². The summed E-state index contributed by atoms with van der Waals surface area (Å²) in [7, 11) is 0. The molecular weight excluding hydrogens is 410 g/mol. The number of hydrogen-bond donors (Lipinski definition) is 2. The topological polar surface area (TPSA) is 88.2 Å². The molecule has 0 saturated carbocycles. The Bertz CT molecular complexity index is 1130. The molecule has 3 aromatic rings. The molecule has 0 bridgehead atoms. The third kappa shape index (κ3) is 5.06. The number of carbonyl (C=O) groups excluding carboxylic acids is 3. The van der Waals surface area contributed by atoms with Crippen LogP contribution in [-0.4, -0.2) is 22.6 Å². The minimum atomic E-state index is -0.306. The Kier molecular flexibility index (Phi) is 5.69. The van der Waals surface area contributed by atoms with Crippen LogP contribution < -0.4 is 10.6 Å². The van der Waals surface area contributed by atoms with Crippen LogP contribution in [0.25, 0.3) is 0 Å². The second-order valence-electron chi connectivity index (χ2n) is 8.48. The van der Waals surface area contributed by atoms with Crippen LogP contribution in [0.5, 0.6) is 0 Å². The van der Waals surface area contributed by atoms with Gasteiger partial charge < -0.3 is 5.32 Å². The number of nitrogens with one attached hydrogen (secondary N) is 2. The largest absolute Gasteiger partial charge is 0.326 e. The van der Waals surface area contributed by atoms with E-state index in [4.69, 9.17) is 0 Å². The monoisotopic (exact) mass is 433 g/mol. The van der Waals surface area contributed by atoms with Gasteiger partial charge in [-0.05, 0) is 41.7 Å². The summed E-state index contributed by atoms with van der Waals surface area (Å²) in [6, 6.07) is 16.2. The van der Waals surface area contributed by atoms with E-state index < -0.39 is 0 Å². The number of thiazole rings is 1. The Morgan fingerprint density at radius 3 is 2.42 bits per heavy atom. The quantitative estimate of drug-likeness (QED) is 0.609. The van der Waals surface area contributed by atoms with E-state index in [2.05, 4.69) is 15.6 Å². The van der Waals surface area contributed by atoms with Crippen molar-refractivity contribution < 1.29 is 14.4 Å². The zero-order valence-electron chi connectivity index (χ0n) is 17.4. The summed E-state index contributed by atoms with van der Waals surface area (Å²) in [6.45, 7) is 4.09. The van der Waals surface area contributed by atoms with Gasteiger partial charge in [0.15, 0.2) is 10.9 Å². The van der Waals surface area contributed by atoms with Crippen molar-refractivity contribution in [2.45, 2.75) is 33.1 Å². The van der Waals surface area contributed by atoms with Crippen LogP contribution in [0.1, 0.15) is 51.6 Å². The third-order valence-electron chi connectivity index (χ3n) is 5.09. The van der Waals surface area contributed by atoms with Crippen molar-refractivity contribution in [1.82, 2.24) is 4.98 Å². The molecule has 2 amide bonds. The highest BCUT2D eigenvalue weighted by molar-refractivity contribution is 7.17. The Balaban J connectivity index is 1.38. The lowest BCUT2D eigenvalue weighted by atomic mass is 9.78. The van der Waals surface area contributed by atoms with Crippen LogP contribution in [0.2, 0.25) is 0 Å². The highest BCUT2D eigenvalue weighted by atomic mass is 32.1. The number of ketones is 1. The van der Waals surface area contributed by atoms with Crippen molar-refractivity contribution in [3.8, 4) is 0 Å². The van der Waals surface area contributed by atoms with Crippen molar-refractivity contribution in [2.75, 3.05) is 10.6 Å². The number of aromatic nitrogens is 1. The van der Waals surface area contributed by atoms with Crippen molar-refractivity contribution in [3.63, 3.8) is 0 Å². The first-order valence-electron chi connectivity index (χ1n) is 10.1. The Hall–Kier alpha value is -3.32. The number of nitrogens with zero attached hydrogens (tertiary/aromatic N) is 1. The Labute approximate surface area is 184 Å². The van der Waals surface area contributed by atoms with Gasteiger partial charge in [0, 0.05) is 17.7 Å². The van der Waals surface area contributed by atoms with Crippen molar-refractivity contribution >= 4 is 39.8 Å². The molecule has 0 spiro atoms. The zero-order chi connectivity index (χ0) is 22.0. The van der Waals surface area contributed by atoms with Crippen LogP contribution in [0.3, 0.4) is 0 Å². The van der Waals surface area contributed by atoms with Crippen molar-refractivity contribution in [1.29, 1.82) is 0 Å². The van der Waals surface area contributed by atoms with Gasteiger partial charge in [0.25, 0.3) is 5.91 Å². The van der Waals surface area contributed by atoms with Gasteiger partial charge in [-0.25, -0.2) is 4.98 Å². The maximum absolute atomic E-state index is 12.6. The number of carbonyl (C=O) groups is 3. The summed E-state index contributed by atoms with van der Waals surface area (Å²) >= 11 is 1.23. The lowest BCUT2D eigenvalue weighted by molar-refractivity contribution is -0.115. The third-order valence-corrected chi connectivity index (χ3v) is 6.15. The minimum absolute atomic E-state index is 0.0832. The van der Waals surface area contributed by atoms with Gasteiger partial charge in [-0.15, -0.1) is 0 Å². The van der Waals surface area contributed by atoms with Gasteiger partial charge in [-0.3, -0.25) is 19.7 Å². The lowest BCUT2D eigenvalue weighted by Gasteiger charge is -2.26. The highest BCUT2D eigenvalue weighted by Crippen LogP contribution is 2.38. The molecule has 0 fully saturated rings. The van der Waals surface area contributed by atoms with Gasteiger partial charge in [0.1, 0.15) is 0 Å². The molecule has 158 valence electrons. The van der Waals surface area contributed by atoms with Crippen LogP contribution in [0.4, 0.5) is 10.8 Å². The molecule has 0 atom stereocenters. The fourth-order valence-electron chi connectivity index (χ4n) is 3.63. The molecule has 2 N–H and O–H groups in total.